The number of esters is 1. The summed E-state index contributed by atoms with van der Waals surface area (Å²) in [5.74, 6) is 0.557. The van der Waals surface area contributed by atoms with Crippen LogP contribution < -0.4 is 5.32 Å². The van der Waals surface area contributed by atoms with Crippen LogP contribution in [0.5, 0.6) is 0 Å². The van der Waals surface area contributed by atoms with Crippen molar-refractivity contribution >= 4 is 17.4 Å². The van der Waals surface area contributed by atoms with Gasteiger partial charge < -0.3 is 10.1 Å². The summed E-state index contributed by atoms with van der Waals surface area (Å²) in [6.07, 6.45) is 2.86. The maximum Gasteiger partial charge on any atom is 0.338 e. The molecule has 2 heterocycles. The molecule has 0 atom stereocenters. The lowest BCUT2D eigenvalue weighted by Gasteiger charge is -2.34. The minimum absolute atomic E-state index is 0.140. The van der Waals surface area contributed by atoms with E-state index in [4.69, 9.17) is 9.72 Å². The number of nitrogens with one attached hydrogen (secondary N) is 1. The number of fused-ring (bicyclic) bond motifs is 1. The van der Waals surface area contributed by atoms with Crippen LogP contribution in [0, 0.1) is 5.41 Å². The highest BCUT2D eigenvalue weighted by atomic mass is 16.5. The lowest BCUT2D eigenvalue weighted by molar-refractivity contribution is 0.0600. The molecule has 0 aliphatic heterocycles. The van der Waals surface area contributed by atoms with Crippen molar-refractivity contribution in [3.8, 4) is 11.3 Å². The van der Waals surface area contributed by atoms with Crippen LogP contribution in [-0.2, 0) is 4.74 Å². The number of ether oxygens (including phenoxy) is 1. The predicted molar refractivity (Wildman–Crippen MR) is 114 cm³/mol. The largest absolute Gasteiger partial charge is 0.465 e. The van der Waals surface area contributed by atoms with Gasteiger partial charge in [-0.05, 0) is 37.8 Å². The Labute approximate surface area is 166 Å². The second-order valence-electron chi connectivity index (χ2n) is 9.06. The average Bonchev–Trinajstić information content (AvgIpc) is 2.96. The average molecular weight is 380 g/mol. The molecule has 5 nitrogen and oxygen atoms in total. The zero-order valence-corrected chi connectivity index (χ0v) is 17.5. The Hall–Kier alpha value is -2.82. The number of carbonyl (C=O) groups excluding carboxylic acids is 1. The Balaban J connectivity index is 2.14. The minimum atomic E-state index is -0.366. The summed E-state index contributed by atoms with van der Waals surface area (Å²) in [6, 6.07) is 13.6. The van der Waals surface area contributed by atoms with Gasteiger partial charge in [0.15, 0.2) is 0 Å². The van der Waals surface area contributed by atoms with Crippen LogP contribution in [0.15, 0.2) is 48.7 Å². The molecular formula is C23H29N3O2. The molecule has 0 spiro atoms. The third-order valence-electron chi connectivity index (χ3n) is 4.52. The van der Waals surface area contributed by atoms with Crippen molar-refractivity contribution in [2.45, 2.75) is 46.6 Å². The van der Waals surface area contributed by atoms with Gasteiger partial charge >= 0.3 is 5.97 Å². The number of pyridine rings is 1. The molecule has 0 amide bonds. The van der Waals surface area contributed by atoms with E-state index in [1.54, 1.807) is 12.1 Å². The number of benzene rings is 1. The number of rotatable bonds is 5. The van der Waals surface area contributed by atoms with Crippen molar-refractivity contribution in [2.75, 3.05) is 12.4 Å². The minimum Gasteiger partial charge on any atom is -0.465 e. The second-order valence-corrected chi connectivity index (χ2v) is 9.06. The first kappa shape index (κ1) is 19.9. The molecule has 0 aliphatic rings. The van der Waals surface area contributed by atoms with Crippen molar-refractivity contribution in [1.82, 2.24) is 9.38 Å². The van der Waals surface area contributed by atoms with Gasteiger partial charge in [0.2, 0.25) is 0 Å². The zero-order chi connectivity index (χ0) is 20.5. The molecule has 0 radical (unpaired) electrons. The Morgan fingerprint density at radius 1 is 1.11 bits per heavy atom. The molecule has 148 valence electrons. The van der Waals surface area contributed by atoms with E-state index in [1.807, 2.05) is 40.9 Å². The van der Waals surface area contributed by atoms with Gasteiger partial charge in [0.25, 0.3) is 0 Å². The molecular weight excluding hydrogens is 350 g/mol. The number of nitrogens with zero attached hydrogens (tertiary/aromatic N) is 2. The molecule has 0 aliphatic carbocycles. The zero-order valence-electron chi connectivity index (χ0n) is 17.5. The number of aromatic nitrogens is 2. The highest BCUT2D eigenvalue weighted by molar-refractivity contribution is 5.91. The molecule has 0 saturated heterocycles. The van der Waals surface area contributed by atoms with Crippen LogP contribution >= 0.6 is 0 Å². The third kappa shape index (κ3) is 4.35. The van der Waals surface area contributed by atoms with Gasteiger partial charge in [0.05, 0.1) is 12.7 Å². The number of hydrogen-bond acceptors (Lipinski definition) is 4. The molecule has 0 saturated carbocycles. The smallest absolute Gasteiger partial charge is 0.338 e. The van der Waals surface area contributed by atoms with Gasteiger partial charge in [0, 0.05) is 17.3 Å². The molecule has 28 heavy (non-hydrogen) atoms. The third-order valence-corrected chi connectivity index (χ3v) is 4.52. The number of methoxy groups -OCH3 is 1. The molecule has 0 bridgehead atoms. The van der Waals surface area contributed by atoms with Crippen LogP contribution in [0.3, 0.4) is 0 Å². The second kappa shape index (κ2) is 7.30. The summed E-state index contributed by atoms with van der Waals surface area (Å²) >= 11 is 0. The summed E-state index contributed by atoms with van der Waals surface area (Å²) in [4.78, 5) is 16.8. The monoisotopic (exact) mass is 379 g/mol. The molecule has 1 N–H and O–H groups in total. The Morgan fingerprint density at radius 3 is 2.39 bits per heavy atom. The van der Waals surface area contributed by atoms with Crippen LogP contribution in [0.1, 0.15) is 51.4 Å². The van der Waals surface area contributed by atoms with Crippen LogP contribution in [0.4, 0.5) is 5.82 Å². The molecule has 3 rings (SSSR count). The summed E-state index contributed by atoms with van der Waals surface area (Å²) in [5, 5.41) is 3.71. The SMILES string of the molecule is COC(=O)c1ccn2c(NC(C)(C)CC(C)(C)C)c(-c3ccccc3)nc2c1. The Kier molecular flexibility index (Phi) is 5.20. The van der Waals surface area contributed by atoms with Crippen LogP contribution in [0.2, 0.25) is 0 Å². The first-order chi connectivity index (χ1) is 13.1. The van der Waals surface area contributed by atoms with E-state index in [0.29, 0.717) is 11.2 Å². The molecule has 1 aromatic carbocycles. The standard InChI is InChI=1S/C23H29N3O2/c1-22(2,3)15-23(4,5)25-20-19(16-10-8-7-9-11-16)24-18-14-17(21(27)28-6)12-13-26(18)20/h7-14,25H,15H2,1-6H3. The number of hydrogen-bond donors (Lipinski definition) is 1. The van der Waals surface area contributed by atoms with Gasteiger partial charge in [-0.3, -0.25) is 4.40 Å². The van der Waals surface area contributed by atoms with Gasteiger partial charge in [0.1, 0.15) is 17.2 Å². The first-order valence-corrected chi connectivity index (χ1v) is 9.54. The fourth-order valence-corrected chi connectivity index (χ4v) is 3.90. The maximum atomic E-state index is 11.9. The van der Waals surface area contributed by atoms with Crippen LogP contribution in [-0.4, -0.2) is 28.0 Å². The van der Waals surface area contributed by atoms with Crippen molar-refractivity contribution in [3.05, 3.63) is 54.2 Å². The van der Waals surface area contributed by atoms with E-state index in [2.05, 4.69) is 39.9 Å². The van der Waals surface area contributed by atoms with Gasteiger partial charge in [-0.1, -0.05) is 51.1 Å². The Bertz CT molecular complexity index is 982. The molecule has 0 fully saturated rings. The van der Waals surface area contributed by atoms with Crippen molar-refractivity contribution in [2.24, 2.45) is 5.41 Å². The van der Waals surface area contributed by atoms with Gasteiger partial charge in [-0.25, -0.2) is 9.78 Å². The fourth-order valence-electron chi connectivity index (χ4n) is 3.90. The topological polar surface area (TPSA) is 55.6 Å². The van der Waals surface area contributed by atoms with E-state index in [1.165, 1.54) is 7.11 Å². The van der Waals surface area contributed by atoms with E-state index < -0.39 is 0 Å². The van der Waals surface area contributed by atoms with Crippen molar-refractivity contribution in [3.63, 3.8) is 0 Å². The Morgan fingerprint density at radius 2 is 1.79 bits per heavy atom. The summed E-state index contributed by atoms with van der Waals surface area (Å²) < 4.78 is 6.85. The highest BCUT2D eigenvalue weighted by Gasteiger charge is 2.28. The van der Waals surface area contributed by atoms with Crippen LogP contribution in [0.25, 0.3) is 16.9 Å². The van der Waals surface area contributed by atoms with E-state index in [0.717, 1.165) is 23.5 Å². The number of carbonyl (C=O) groups is 1. The number of imidazole rings is 1. The lowest BCUT2D eigenvalue weighted by atomic mass is 9.82. The van der Waals surface area contributed by atoms with Crippen molar-refractivity contribution in [1.29, 1.82) is 0 Å². The first-order valence-electron chi connectivity index (χ1n) is 9.54. The lowest BCUT2D eigenvalue weighted by Crippen LogP contribution is -2.36. The van der Waals surface area contributed by atoms with E-state index in [-0.39, 0.29) is 16.9 Å². The number of anilines is 1. The van der Waals surface area contributed by atoms with E-state index in [9.17, 15) is 4.79 Å². The molecule has 2 aromatic heterocycles. The summed E-state index contributed by atoms with van der Waals surface area (Å²) in [5.41, 5.74) is 3.13. The quantitative estimate of drug-likeness (QED) is 0.602. The van der Waals surface area contributed by atoms with Crippen molar-refractivity contribution < 1.29 is 9.53 Å². The highest BCUT2D eigenvalue weighted by Crippen LogP contribution is 2.34. The summed E-state index contributed by atoms with van der Waals surface area (Å²) in [6.45, 7) is 11.1. The van der Waals surface area contributed by atoms with E-state index >= 15 is 0 Å². The van der Waals surface area contributed by atoms with Gasteiger partial charge in [-0.2, -0.15) is 0 Å². The summed E-state index contributed by atoms with van der Waals surface area (Å²) in [7, 11) is 1.38. The molecule has 3 aromatic rings. The molecule has 0 unspecified atom stereocenters. The maximum absolute atomic E-state index is 11.9. The fraction of sp³-hybridized carbons (Fsp3) is 0.391. The predicted octanol–water partition coefficient (Wildman–Crippen LogP) is 5.41. The molecule has 5 heteroatoms. The normalized spacial score (nSPS) is 12.2. The van der Waals surface area contributed by atoms with Gasteiger partial charge in [-0.15, -0.1) is 0 Å².